The summed E-state index contributed by atoms with van der Waals surface area (Å²) in [5.74, 6) is 0. The number of nitrogens with zero attached hydrogens (tertiary/aromatic N) is 1. The Balaban J connectivity index is 1.65. The van der Waals surface area contributed by atoms with Crippen molar-refractivity contribution in [2.24, 2.45) is 5.41 Å². The summed E-state index contributed by atoms with van der Waals surface area (Å²) in [7, 11) is 0. The summed E-state index contributed by atoms with van der Waals surface area (Å²) < 4.78 is 5.44. The van der Waals surface area contributed by atoms with Crippen LogP contribution in [-0.2, 0) is 4.74 Å². The molecule has 0 saturated carbocycles. The maximum absolute atomic E-state index is 9.64. The average Bonchev–Trinajstić information content (AvgIpc) is 2.40. The highest BCUT2D eigenvalue weighted by molar-refractivity contribution is 5.20. The maximum Gasteiger partial charge on any atom is 0.0628 e. The van der Waals surface area contributed by atoms with Crippen molar-refractivity contribution in [3.63, 3.8) is 0 Å². The van der Waals surface area contributed by atoms with Gasteiger partial charge in [-0.15, -0.1) is 0 Å². The zero-order chi connectivity index (χ0) is 12.4. The van der Waals surface area contributed by atoms with Gasteiger partial charge in [0.05, 0.1) is 12.6 Å². The lowest BCUT2D eigenvalue weighted by Crippen LogP contribution is -2.59. The van der Waals surface area contributed by atoms with Crippen molar-refractivity contribution in [1.82, 2.24) is 4.90 Å². The van der Waals surface area contributed by atoms with Crippen molar-refractivity contribution in [3.05, 3.63) is 35.9 Å². The van der Waals surface area contributed by atoms with Crippen molar-refractivity contribution < 1.29 is 9.84 Å². The van der Waals surface area contributed by atoms with E-state index in [-0.39, 0.29) is 12.6 Å². The molecule has 3 heteroatoms. The molecule has 1 atom stereocenters. The predicted molar refractivity (Wildman–Crippen MR) is 70.3 cm³/mol. The van der Waals surface area contributed by atoms with Crippen LogP contribution >= 0.6 is 0 Å². The van der Waals surface area contributed by atoms with Gasteiger partial charge in [-0.05, 0) is 18.4 Å². The minimum absolute atomic E-state index is 0.166. The lowest BCUT2D eigenvalue weighted by molar-refractivity contribution is -0.105. The van der Waals surface area contributed by atoms with Crippen LogP contribution in [0.1, 0.15) is 24.4 Å². The molecule has 0 bridgehead atoms. The fourth-order valence-electron chi connectivity index (χ4n) is 3.26. The quantitative estimate of drug-likeness (QED) is 0.884. The first-order valence-corrected chi connectivity index (χ1v) is 6.81. The molecule has 1 aromatic carbocycles. The summed E-state index contributed by atoms with van der Waals surface area (Å²) in [6, 6.07) is 10.5. The van der Waals surface area contributed by atoms with E-state index < -0.39 is 0 Å². The number of ether oxygens (including phenoxy) is 1. The lowest BCUT2D eigenvalue weighted by atomic mass is 9.72. The SMILES string of the molecule is OCC(c1ccccc1)N1CC2(CCOCC2)C1. The van der Waals surface area contributed by atoms with E-state index in [1.165, 1.54) is 18.4 Å². The molecule has 3 nitrogen and oxygen atoms in total. The zero-order valence-corrected chi connectivity index (χ0v) is 10.7. The van der Waals surface area contributed by atoms with Crippen molar-refractivity contribution in [3.8, 4) is 0 Å². The molecule has 0 aliphatic carbocycles. The molecule has 18 heavy (non-hydrogen) atoms. The summed E-state index contributed by atoms with van der Waals surface area (Å²) in [5.41, 5.74) is 1.70. The third-order valence-corrected chi connectivity index (χ3v) is 4.43. The first kappa shape index (κ1) is 12.2. The standard InChI is InChI=1S/C15H21NO2/c17-10-14(13-4-2-1-3-5-13)16-11-15(12-16)6-8-18-9-7-15/h1-5,14,17H,6-12H2. The second-order valence-corrected chi connectivity index (χ2v) is 5.63. The first-order valence-electron chi connectivity index (χ1n) is 6.81. The molecule has 1 N–H and O–H groups in total. The summed E-state index contributed by atoms with van der Waals surface area (Å²) in [5, 5.41) is 9.64. The Morgan fingerprint density at radius 2 is 1.83 bits per heavy atom. The van der Waals surface area contributed by atoms with Gasteiger partial charge in [0, 0.05) is 31.7 Å². The topological polar surface area (TPSA) is 32.7 Å². The number of likely N-dealkylation sites (tertiary alicyclic amines) is 1. The van der Waals surface area contributed by atoms with Crippen LogP contribution in [0.5, 0.6) is 0 Å². The van der Waals surface area contributed by atoms with E-state index in [0.29, 0.717) is 5.41 Å². The van der Waals surface area contributed by atoms with E-state index in [9.17, 15) is 5.11 Å². The molecule has 2 saturated heterocycles. The summed E-state index contributed by atoms with van der Waals surface area (Å²) in [6.45, 7) is 4.23. The monoisotopic (exact) mass is 247 g/mol. The van der Waals surface area contributed by atoms with Crippen molar-refractivity contribution in [1.29, 1.82) is 0 Å². The molecule has 1 spiro atoms. The molecular formula is C15H21NO2. The molecule has 0 amide bonds. The Labute approximate surface area is 108 Å². The molecule has 2 aliphatic rings. The van der Waals surface area contributed by atoms with E-state index in [2.05, 4.69) is 17.0 Å². The fraction of sp³-hybridized carbons (Fsp3) is 0.600. The van der Waals surface area contributed by atoms with Gasteiger partial charge in [0.1, 0.15) is 0 Å². The van der Waals surface area contributed by atoms with Crippen molar-refractivity contribution in [2.75, 3.05) is 32.9 Å². The van der Waals surface area contributed by atoms with Gasteiger partial charge >= 0.3 is 0 Å². The van der Waals surface area contributed by atoms with Gasteiger partial charge in [0.2, 0.25) is 0 Å². The second kappa shape index (κ2) is 5.00. The predicted octanol–water partition coefficient (Wildman–Crippen LogP) is 1.83. The molecule has 2 aliphatic heterocycles. The molecule has 1 unspecified atom stereocenters. The van der Waals surface area contributed by atoms with Crippen LogP contribution in [0.25, 0.3) is 0 Å². The molecule has 2 heterocycles. The van der Waals surface area contributed by atoms with Crippen molar-refractivity contribution >= 4 is 0 Å². The minimum atomic E-state index is 0.166. The number of aliphatic hydroxyl groups excluding tert-OH is 1. The van der Waals surface area contributed by atoms with E-state index in [1.807, 2.05) is 18.2 Å². The molecule has 0 aromatic heterocycles. The lowest BCUT2D eigenvalue weighted by Gasteiger charge is -2.54. The van der Waals surface area contributed by atoms with Crippen LogP contribution in [0.3, 0.4) is 0 Å². The Morgan fingerprint density at radius 3 is 2.44 bits per heavy atom. The Hall–Kier alpha value is -0.900. The summed E-state index contributed by atoms with van der Waals surface area (Å²) >= 11 is 0. The highest BCUT2D eigenvalue weighted by Gasteiger charge is 2.46. The minimum Gasteiger partial charge on any atom is -0.394 e. The van der Waals surface area contributed by atoms with Crippen LogP contribution in [0.2, 0.25) is 0 Å². The molecule has 98 valence electrons. The van der Waals surface area contributed by atoms with Crippen LogP contribution in [0, 0.1) is 5.41 Å². The van der Waals surface area contributed by atoms with Gasteiger partial charge in [-0.3, -0.25) is 4.90 Å². The van der Waals surface area contributed by atoms with Gasteiger partial charge in [0.25, 0.3) is 0 Å². The van der Waals surface area contributed by atoms with Crippen LogP contribution in [0.15, 0.2) is 30.3 Å². The Kier molecular flexibility index (Phi) is 3.37. The third-order valence-electron chi connectivity index (χ3n) is 4.43. The highest BCUT2D eigenvalue weighted by atomic mass is 16.5. The van der Waals surface area contributed by atoms with E-state index in [0.717, 1.165) is 26.3 Å². The second-order valence-electron chi connectivity index (χ2n) is 5.63. The van der Waals surface area contributed by atoms with E-state index in [1.54, 1.807) is 0 Å². The van der Waals surface area contributed by atoms with Crippen LogP contribution in [-0.4, -0.2) is 42.9 Å². The number of hydrogen-bond donors (Lipinski definition) is 1. The van der Waals surface area contributed by atoms with Gasteiger partial charge in [0.15, 0.2) is 0 Å². The van der Waals surface area contributed by atoms with E-state index in [4.69, 9.17) is 4.74 Å². The largest absolute Gasteiger partial charge is 0.394 e. The van der Waals surface area contributed by atoms with E-state index >= 15 is 0 Å². The zero-order valence-electron chi connectivity index (χ0n) is 10.7. The summed E-state index contributed by atoms with van der Waals surface area (Å²) in [4.78, 5) is 2.40. The normalized spacial score (nSPS) is 24.7. The van der Waals surface area contributed by atoms with Crippen LogP contribution < -0.4 is 0 Å². The van der Waals surface area contributed by atoms with Gasteiger partial charge in [-0.1, -0.05) is 30.3 Å². The smallest absolute Gasteiger partial charge is 0.0628 e. The molecule has 0 radical (unpaired) electrons. The first-order chi connectivity index (χ1) is 8.83. The third kappa shape index (κ3) is 2.18. The summed E-state index contributed by atoms with van der Waals surface area (Å²) in [6.07, 6.45) is 2.35. The molecule has 1 aromatic rings. The van der Waals surface area contributed by atoms with Gasteiger partial charge < -0.3 is 9.84 Å². The molecular weight excluding hydrogens is 226 g/mol. The van der Waals surface area contributed by atoms with Gasteiger partial charge in [-0.25, -0.2) is 0 Å². The Bertz CT molecular complexity index is 379. The van der Waals surface area contributed by atoms with Gasteiger partial charge in [-0.2, -0.15) is 0 Å². The number of rotatable bonds is 3. The number of benzene rings is 1. The molecule has 2 fully saturated rings. The molecule has 3 rings (SSSR count). The highest BCUT2D eigenvalue weighted by Crippen LogP contribution is 2.43. The fourth-order valence-corrected chi connectivity index (χ4v) is 3.26. The average molecular weight is 247 g/mol. The van der Waals surface area contributed by atoms with Crippen molar-refractivity contribution in [2.45, 2.75) is 18.9 Å². The Morgan fingerprint density at radius 1 is 1.17 bits per heavy atom. The number of aliphatic hydroxyl groups is 1. The maximum atomic E-state index is 9.64. The number of hydrogen-bond acceptors (Lipinski definition) is 3. The van der Waals surface area contributed by atoms with Crippen LogP contribution in [0.4, 0.5) is 0 Å².